The van der Waals surface area contributed by atoms with Gasteiger partial charge in [-0.2, -0.15) is 0 Å². The Kier molecular flexibility index (Phi) is 6.18. The third-order valence-corrected chi connectivity index (χ3v) is 6.09. The van der Waals surface area contributed by atoms with Crippen LogP contribution in [0.5, 0.6) is 5.75 Å². The van der Waals surface area contributed by atoms with E-state index >= 15 is 0 Å². The number of benzene rings is 3. The normalized spacial score (nSPS) is 11.2. The molecule has 0 radical (unpaired) electrons. The maximum absolute atomic E-state index is 13.8. The summed E-state index contributed by atoms with van der Waals surface area (Å²) in [5.74, 6) is -1.38. The van der Waals surface area contributed by atoms with E-state index in [-0.39, 0.29) is 23.0 Å². The van der Waals surface area contributed by atoms with Crippen molar-refractivity contribution in [2.24, 2.45) is 0 Å². The predicted molar refractivity (Wildman–Crippen MR) is 118 cm³/mol. The minimum absolute atomic E-state index is 0.0644. The fraction of sp³-hybridized carbons (Fsp3) is 0.0870. The summed E-state index contributed by atoms with van der Waals surface area (Å²) in [6.07, 6.45) is 0. The van der Waals surface area contributed by atoms with Crippen molar-refractivity contribution in [1.29, 1.82) is 0 Å². The molecule has 1 aromatic heterocycles. The first kappa shape index (κ1) is 22.2. The lowest BCUT2D eigenvalue weighted by Gasteiger charge is -2.10. The number of hydrogen-bond donors (Lipinski definition) is 1. The molecule has 0 aliphatic heterocycles. The van der Waals surface area contributed by atoms with Crippen molar-refractivity contribution in [3.05, 3.63) is 89.7 Å². The molecule has 0 spiro atoms. The number of hydrogen-bond acceptors (Lipinski definition) is 7. The van der Waals surface area contributed by atoms with Gasteiger partial charge < -0.3 is 14.5 Å². The van der Waals surface area contributed by atoms with Crippen LogP contribution in [0.25, 0.3) is 11.5 Å². The highest BCUT2D eigenvalue weighted by atomic mass is 32.2. The van der Waals surface area contributed by atoms with Gasteiger partial charge in [0.15, 0.2) is 0 Å². The number of methoxy groups -OCH3 is 1. The Hall–Kier alpha value is -4.05. The Balaban J connectivity index is 1.57. The third-order valence-electron chi connectivity index (χ3n) is 4.68. The molecule has 0 unspecified atom stereocenters. The van der Waals surface area contributed by atoms with E-state index in [1.54, 1.807) is 36.4 Å². The first-order valence-electron chi connectivity index (χ1n) is 9.72. The molecule has 0 bridgehead atoms. The maximum atomic E-state index is 13.8. The van der Waals surface area contributed by atoms with Gasteiger partial charge in [-0.1, -0.05) is 47.6 Å². The fourth-order valence-corrected chi connectivity index (χ4v) is 4.22. The van der Waals surface area contributed by atoms with E-state index in [0.29, 0.717) is 16.8 Å². The molecule has 1 N–H and O–H groups in total. The topological polar surface area (TPSA) is 111 Å². The number of carbonyl (C=O) groups is 1. The molecule has 0 saturated carbocycles. The van der Waals surface area contributed by atoms with Crippen molar-refractivity contribution in [3.8, 4) is 17.2 Å². The van der Waals surface area contributed by atoms with E-state index in [2.05, 4.69) is 15.5 Å². The summed E-state index contributed by atoms with van der Waals surface area (Å²) in [6, 6.07) is 18.8. The number of sulfone groups is 1. The lowest BCUT2D eigenvalue weighted by Crippen LogP contribution is -2.13. The van der Waals surface area contributed by atoms with Crippen LogP contribution in [0.4, 0.5) is 10.1 Å². The first-order valence-corrected chi connectivity index (χ1v) is 11.4. The van der Waals surface area contributed by atoms with Crippen LogP contribution in [0, 0.1) is 5.82 Å². The summed E-state index contributed by atoms with van der Waals surface area (Å²) in [7, 11) is -2.46. The summed E-state index contributed by atoms with van der Waals surface area (Å²) in [6.45, 7) is 0. The second-order valence-electron chi connectivity index (χ2n) is 6.97. The Morgan fingerprint density at radius 1 is 1.03 bits per heavy atom. The lowest BCUT2D eigenvalue weighted by atomic mass is 10.1. The summed E-state index contributed by atoms with van der Waals surface area (Å²) in [5.41, 5.74) is 1.14. The zero-order valence-corrected chi connectivity index (χ0v) is 18.2. The zero-order valence-electron chi connectivity index (χ0n) is 17.4. The summed E-state index contributed by atoms with van der Waals surface area (Å²) in [5, 5.41) is 9.60. The SMILES string of the molecule is COc1cc(NC(=O)c2ccccc2F)ccc1-c1nnc(S(=O)(=O)Cc2ccccc2)o1. The molecule has 8 nitrogen and oxygen atoms in total. The molecule has 3 aromatic carbocycles. The first-order chi connectivity index (χ1) is 15.9. The molecule has 4 aromatic rings. The van der Waals surface area contributed by atoms with E-state index in [1.165, 1.54) is 43.5 Å². The zero-order chi connectivity index (χ0) is 23.4. The summed E-state index contributed by atoms with van der Waals surface area (Å²) < 4.78 is 49.9. The van der Waals surface area contributed by atoms with Crippen molar-refractivity contribution >= 4 is 21.4 Å². The van der Waals surface area contributed by atoms with Crippen LogP contribution >= 0.6 is 0 Å². The molecule has 1 amide bonds. The highest BCUT2D eigenvalue weighted by Crippen LogP contribution is 2.33. The average Bonchev–Trinajstić information content (AvgIpc) is 3.31. The van der Waals surface area contributed by atoms with Crippen molar-refractivity contribution < 1.29 is 26.8 Å². The van der Waals surface area contributed by atoms with Crippen molar-refractivity contribution in [3.63, 3.8) is 0 Å². The van der Waals surface area contributed by atoms with Crippen LogP contribution < -0.4 is 10.1 Å². The van der Waals surface area contributed by atoms with E-state index in [0.717, 1.165) is 0 Å². The molecular formula is C23H18FN3O5S. The number of halogens is 1. The molecular weight excluding hydrogens is 449 g/mol. The molecule has 33 heavy (non-hydrogen) atoms. The largest absolute Gasteiger partial charge is 0.496 e. The molecule has 168 valence electrons. The Morgan fingerprint density at radius 3 is 2.48 bits per heavy atom. The van der Waals surface area contributed by atoms with Gasteiger partial charge in [-0.3, -0.25) is 4.79 Å². The smallest absolute Gasteiger partial charge is 0.336 e. The molecule has 0 atom stereocenters. The second-order valence-corrected chi connectivity index (χ2v) is 8.83. The fourth-order valence-electron chi connectivity index (χ4n) is 3.09. The third kappa shape index (κ3) is 4.90. The number of nitrogens with zero attached hydrogens (tertiary/aromatic N) is 2. The summed E-state index contributed by atoms with van der Waals surface area (Å²) >= 11 is 0. The van der Waals surface area contributed by atoms with Crippen LogP contribution in [-0.2, 0) is 15.6 Å². The number of anilines is 1. The van der Waals surface area contributed by atoms with Gasteiger partial charge in [0, 0.05) is 11.8 Å². The van der Waals surface area contributed by atoms with Crippen molar-refractivity contribution in [1.82, 2.24) is 10.2 Å². The highest BCUT2D eigenvalue weighted by Gasteiger charge is 2.25. The highest BCUT2D eigenvalue weighted by molar-refractivity contribution is 7.90. The van der Waals surface area contributed by atoms with Crippen molar-refractivity contribution in [2.45, 2.75) is 11.0 Å². The van der Waals surface area contributed by atoms with Crippen LogP contribution in [0.1, 0.15) is 15.9 Å². The Bertz CT molecular complexity index is 1400. The van der Waals surface area contributed by atoms with Crippen LogP contribution in [0.15, 0.2) is 82.4 Å². The van der Waals surface area contributed by atoms with E-state index in [1.807, 2.05) is 0 Å². The standard InChI is InChI=1S/C23H18FN3O5S/c1-31-20-13-16(25-21(28)17-9-5-6-10-19(17)24)11-12-18(20)22-26-27-23(32-22)33(29,30)14-15-7-3-2-4-8-15/h2-13H,14H2,1H3,(H,25,28). The molecule has 0 aliphatic carbocycles. The molecule has 4 rings (SSSR count). The average molecular weight is 467 g/mol. The van der Waals surface area contributed by atoms with Crippen molar-refractivity contribution in [2.75, 3.05) is 12.4 Å². The van der Waals surface area contributed by atoms with E-state index in [9.17, 15) is 17.6 Å². The number of carbonyl (C=O) groups excluding carboxylic acids is 1. The molecule has 1 heterocycles. The van der Waals surface area contributed by atoms with Gasteiger partial charge in [-0.25, -0.2) is 12.8 Å². The van der Waals surface area contributed by atoms with Gasteiger partial charge in [0.05, 0.1) is 24.0 Å². The monoisotopic (exact) mass is 467 g/mol. The lowest BCUT2D eigenvalue weighted by molar-refractivity contribution is 0.102. The Labute approximate surface area is 189 Å². The molecule has 10 heteroatoms. The number of nitrogens with one attached hydrogen (secondary N) is 1. The van der Waals surface area contributed by atoms with Gasteiger partial charge in [0.1, 0.15) is 11.6 Å². The van der Waals surface area contributed by atoms with E-state index < -0.39 is 26.8 Å². The Morgan fingerprint density at radius 2 is 1.76 bits per heavy atom. The maximum Gasteiger partial charge on any atom is 0.336 e. The van der Waals surface area contributed by atoms with Gasteiger partial charge in [0.25, 0.3) is 11.8 Å². The second kappa shape index (κ2) is 9.21. The number of rotatable bonds is 7. The van der Waals surface area contributed by atoms with Gasteiger partial charge in [-0.15, -0.1) is 5.10 Å². The van der Waals surface area contributed by atoms with Gasteiger partial charge in [-0.05, 0) is 29.8 Å². The van der Waals surface area contributed by atoms with Crippen LogP contribution in [0.3, 0.4) is 0 Å². The van der Waals surface area contributed by atoms with Crippen LogP contribution in [0.2, 0.25) is 0 Å². The quantitative estimate of drug-likeness (QED) is 0.435. The number of amides is 1. The number of aromatic nitrogens is 2. The van der Waals surface area contributed by atoms with Gasteiger partial charge >= 0.3 is 5.22 Å². The minimum atomic E-state index is -3.85. The summed E-state index contributed by atoms with van der Waals surface area (Å²) in [4.78, 5) is 12.4. The minimum Gasteiger partial charge on any atom is -0.496 e. The molecule has 0 saturated heterocycles. The van der Waals surface area contributed by atoms with E-state index in [4.69, 9.17) is 9.15 Å². The number of ether oxygens (including phenoxy) is 1. The molecule has 0 fully saturated rings. The van der Waals surface area contributed by atoms with Crippen LogP contribution in [-0.4, -0.2) is 31.6 Å². The predicted octanol–water partition coefficient (Wildman–Crippen LogP) is 4.11. The van der Waals surface area contributed by atoms with Gasteiger partial charge in [0.2, 0.25) is 9.84 Å². The molecule has 0 aliphatic rings.